The van der Waals surface area contributed by atoms with Gasteiger partial charge in [0.25, 0.3) is 0 Å². The highest BCUT2D eigenvalue weighted by molar-refractivity contribution is 5.98. The number of hydrogen-bond donors (Lipinski definition) is 1. The minimum atomic E-state index is -0.916. The molecule has 3 nitrogen and oxygen atoms in total. The third-order valence-electron chi connectivity index (χ3n) is 7.72. The van der Waals surface area contributed by atoms with Crippen LogP contribution < -0.4 is 0 Å². The molecule has 0 amide bonds. The number of carboxylic acids is 1. The van der Waals surface area contributed by atoms with E-state index in [1.54, 1.807) is 0 Å². The molecule has 0 aliphatic heterocycles. The summed E-state index contributed by atoms with van der Waals surface area (Å²) in [5.41, 5.74) is 0. The molecule has 0 radical (unpaired) electrons. The smallest absolute Gasteiger partial charge is 0.314 e. The molecule has 0 saturated heterocycles. The largest absolute Gasteiger partial charge is 0.481 e. The number of unbranched alkanes of at least 4 members (excludes halogenated alkanes) is 22. The van der Waals surface area contributed by atoms with Crippen LogP contribution in [-0.2, 0) is 9.59 Å². The van der Waals surface area contributed by atoms with Gasteiger partial charge in [-0.25, -0.2) is 0 Å². The molecule has 0 aromatic rings. The van der Waals surface area contributed by atoms with Crippen LogP contribution in [0, 0.1) is 5.92 Å². The Morgan fingerprint density at radius 3 is 1.27 bits per heavy atom. The van der Waals surface area contributed by atoms with Crippen molar-refractivity contribution in [2.45, 2.75) is 187 Å². The standard InChI is InChI=1S/C34H64O3/c1-3-5-7-9-11-13-15-17-18-19-21-23-25-27-29-31-33(35)32(34(36)37)30-28-26-24-22-20-16-14-12-10-8-6-4-2/h17-18,32H,3-16,19-31H2,1-2H3,(H,36,37). The van der Waals surface area contributed by atoms with Crippen molar-refractivity contribution in [2.24, 2.45) is 5.92 Å². The lowest BCUT2D eigenvalue weighted by Crippen LogP contribution is -2.23. The van der Waals surface area contributed by atoms with Gasteiger partial charge in [0.1, 0.15) is 11.7 Å². The van der Waals surface area contributed by atoms with Crippen molar-refractivity contribution in [1.29, 1.82) is 0 Å². The van der Waals surface area contributed by atoms with Crippen LogP contribution in [0.1, 0.15) is 187 Å². The number of carbonyl (C=O) groups is 2. The molecule has 0 heterocycles. The fourth-order valence-electron chi connectivity index (χ4n) is 5.16. The Morgan fingerprint density at radius 1 is 0.514 bits per heavy atom. The quantitative estimate of drug-likeness (QED) is 0.0582. The number of allylic oxidation sites excluding steroid dienone is 2. The molecule has 0 saturated carbocycles. The van der Waals surface area contributed by atoms with E-state index in [2.05, 4.69) is 26.0 Å². The molecule has 1 unspecified atom stereocenters. The summed E-state index contributed by atoms with van der Waals surface area (Å²) >= 11 is 0. The highest BCUT2D eigenvalue weighted by Crippen LogP contribution is 2.18. The van der Waals surface area contributed by atoms with Crippen LogP contribution in [0.4, 0.5) is 0 Å². The van der Waals surface area contributed by atoms with Gasteiger partial charge in [-0.1, -0.05) is 154 Å². The molecule has 1 atom stereocenters. The Morgan fingerprint density at radius 2 is 0.865 bits per heavy atom. The maximum atomic E-state index is 12.5. The summed E-state index contributed by atoms with van der Waals surface area (Å²) in [6.07, 6.45) is 36.8. The average Bonchev–Trinajstić information content (AvgIpc) is 2.88. The highest BCUT2D eigenvalue weighted by atomic mass is 16.4. The van der Waals surface area contributed by atoms with E-state index >= 15 is 0 Å². The Labute approximate surface area is 231 Å². The predicted molar refractivity (Wildman–Crippen MR) is 161 cm³/mol. The molecule has 0 aliphatic rings. The van der Waals surface area contributed by atoms with Crippen LogP contribution in [0.25, 0.3) is 0 Å². The summed E-state index contributed by atoms with van der Waals surface area (Å²) < 4.78 is 0. The fourth-order valence-corrected chi connectivity index (χ4v) is 5.16. The molecule has 37 heavy (non-hydrogen) atoms. The van der Waals surface area contributed by atoms with Crippen molar-refractivity contribution in [3.63, 3.8) is 0 Å². The zero-order valence-corrected chi connectivity index (χ0v) is 25.1. The van der Waals surface area contributed by atoms with E-state index < -0.39 is 11.9 Å². The molecular formula is C34H64O3. The second-order valence-corrected chi connectivity index (χ2v) is 11.4. The maximum absolute atomic E-state index is 12.5. The number of rotatable bonds is 30. The molecule has 3 heteroatoms. The second kappa shape index (κ2) is 29.4. The van der Waals surface area contributed by atoms with Crippen molar-refractivity contribution in [3.8, 4) is 0 Å². The summed E-state index contributed by atoms with van der Waals surface area (Å²) in [4.78, 5) is 24.1. The molecule has 0 aromatic heterocycles. The predicted octanol–water partition coefficient (Wildman–Crippen LogP) is 11.4. The first kappa shape index (κ1) is 35.9. The van der Waals surface area contributed by atoms with Gasteiger partial charge < -0.3 is 5.11 Å². The summed E-state index contributed by atoms with van der Waals surface area (Å²) in [5, 5.41) is 9.52. The minimum absolute atomic E-state index is 0.0480. The third kappa shape index (κ3) is 26.3. The topological polar surface area (TPSA) is 54.4 Å². The summed E-state index contributed by atoms with van der Waals surface area (Å²) in [7, 11) is 0. The maximum Gasteiger partial charge on any atom is 0.314 e. The third-order valence-corrected chi connectivity index (χ3v) is 7.72. The van der Waals surface area contributed by atoms with E-state index in [0.717, 1.165) is 38.5 Å². The highest BCUT2D eigenvalue weighted by Gasteiger charge is 2.24. The lowest BCUT2D eigenvalue weighted by molar-refractivity contribution is -0.146. The number of carbonyl (C=O) groups excluding carboxylic acids is 1. The van der Waals surface area contributed by atoms with Gasteiger partial charge >= 0.3 is 5.97 Å². The first-order chi connectivity index (χ1) is 18.1. The van der Waals surface area contributed by atoms with E-state index in [1.165, 1.54) is 122 Å². The van der Waals surface area contributed by atoms with Gasteiger partial charge in [-0.15, -0.1) is 0 Å². The number of aliphatic carboxylic acids is 1. The number of hydrogen-bond acceptors (Lipinski definition) is 2. The minimum Gasteiger partial charge on any atom is -0.481 e. The molecule has 0 aliphatic carbocycles. The molecule has 0 spiro atoms. The first-order valence-electron chi connectivity index (χ1n) is 16.5. The summed E-state index contributed by atoms with van der Waals surface area (Å²) in [6, 6.07) is 0. The van der Waals surface area contributed by atoms with Crippen LogP contribution >= 0.6 is 0 Å². The van der Waals surface area contributed by atoms with Crippen molar-refractivity contribution in [1.82, 2.24) is 0 Å². The number of ketones is 1. The molecule has 0 fully saturated rings. The zero-order valence-electron chi connectivity index (χ0n) is 25.1. The molecule has 1 N–H and O–H groups in total. The average molecular weight is 521 g/mol. The van der Waals surface area contributed by atoms with Gasteiger partial charge in [-0.2, -0.15) is 0 Å². The Kier molecular flexibility index (Phi) is 28.5. The number of Topliss-reactive ketones (excluding diaryl/α,β-unsaturated/α-hetero) is 1. The summed E-state index contributed by atoms with van der Waals surface area (Å²) in [5.74, 6) is -1.74. The molecule has 0 bridgehead atoms. The monoisotopic (exact) mass is 520 g/mol. The van der Waals surface area contributed by atoms with Crippen molar-refractivity contribution >= 4 is 11.8 Å². The Bertz CT molecular complexity index is 525. The lowest BCUT2D eigenvalue weighted by Gasteiger charge is -2.11. The molecule has 218 valence electrons. The van der Waals surface area contributed by atoms with E-state index in [0.29, 0.717) is 12.8 Å². The molecular weight excluding hydrogens is 456 g/mol. The van der Waals surface area contributed by atoms with Crippen molar-refractivity contribution in [3.05, 3.63) is 12.2 Å². The van der Waals surface area contributed by atoms with Gasteiger partial charge in [0.15, 0.2) is 0 Å². The number of carboxylic acid groups (broad SMARTS) is 1. The van der Waals surface area contributed by atoms with Gasteiger partial charge in [0.2, 0.25) is 0 Å². The normalized spacial score (nSPS) is 12.4. The van der Waals surface area contributed by atoms with Gasteiger partial charge in [-0.05, 0) is 38.5 Å². The molecule has 0 rings (SSSR count). The van der Waals surface area contributed by atoms with Crippen LogP contribution in [-0.4, -0.2) is 16.9 Å². The SMILES string of the molecule is CCCCCCCCC=CCCCCCCCC(=O)C(CCCCCCCCCCCCCC)C(=O)O. The van der Waals surface area contributed by atoms with Crippen molar-refractivity contribution in [2.75, 3.05) is 0 Å². The van der Waals surface area contributed by atoms with Crippen molar-refractivity contribution < 1.29 is 14.7 Å². The van der Waals surface area contributed by atoms with Crippen LogP contribution in [0.15, 0.2) is 12.2 Å². The van der Waals surface area contributed by atoms with Crippen LogP contribution in [0.2, 0.25) is 0 Å². The molecule has 0 aromatic carbocycles. The van der Waals surface area contributed by atoms with Gasteiger partial charge in [-0.3, -0.25) is 9.59 Å². The van der Waals surface area contributed by atoms with E-state index in [1.807, 2.05) is 0 Å². The summed E-state index contributed by atoms with van der Waals surface area (Å²) in [6.45, 7) is 4.52. The van der Waals surface area contributed by atoms with E-state index in [9.17, 15) is 14.7 Å². The van der Waals surface area contributed by atoms with Crippen LogP contribution in [0.5, 0.6) is 0 Å². The van der Waals surface area contributed by atoms with E-state index in [4.69, 9.17) is 0 Å². The van der Waals surface area contributed by atoms with Gasteiger partial charge in [0, 0.05) is 6.42 Å². The van der Waals surface area contributed by atoms with Gasteiger partial charge in [0.05, 0.1) is 0 Å². The Hall–Kier alpha value is -1.12. The lowest BCUT2D eigenvalue weighted by atomic mass is 9.93. The first-order valence-corrected chi connectivity index (χ1v) is 16.5. The zero-order chi connectivity index (χ0) is 27.2. The second-order valence-electron chi connectivity index (χ2n) is 11.4. The fraction of sp³-hybridized carbons (Fsp3) is 0.882. The Balaban J connectivity index is 3.60. The van der Waals surface area contributed by atoms with Crippen LogP contribution in [0.3, 0.4) is 0 Å². The van der Waals surface area contributed by atoms with E-state index in [-0.39, 0.29) is 5.78 Å².